The minimum atomic E-state index is -0.720. The van der Waals surface area contributed by atoms with E-state index in [1.54, 1.807) is 11.5 Å². The van der Waals surface area contributed by atoms with Gasteiger partial charge in [-0.1, -0.05) is 116 Å². The van der Waals surface area contributed by atoms with Crippen molar-refractivity contribution in [2.24, 2.45) is 4.99 Å². The van der Waals surface area contributed by atoms with E-state index in [1.807, 2.05) is 97.1 Å². The maximum absolute atomic E-state index is 14.2. The van der Waals surface area contributed by atoms with Crippen molar-refractivity contribution in [1.82, 2.24) is 4.57 Å². The first-order valence-electron chi connectivity index (χ1n) is 15.2. The molecule has 46 heavy (non-hydrogen) atoms. The summed E-state index contributed by atoms with van der Waals surface area (Å²) in [6.45, 7) is 6.62. The van der Waals surface area contributed by atoms with E-state index in [1.165, 1.54) is 16.9 Å². The fraction of sp³-hybridized carbons (Fsp3) is 0.184. The van der Waals surface area contributed by atoms with E-state index < -0.39 is 12.0 Å². The highest BCUT2D eigenvalue weighted by atomic mass is 35.5. The third-order valence-electron chi connectivity index (χ3n) is 7.77. The third kappa shape index (κ3) is 6.62. The Morgan fingerprint density at radius 3 is 2.41 bits per heavy atom. The van der Waals surface area contributed by atoms with Crippen LogP contribution in [0.25, 0.3) is 11.8 Å². The molecule has 0 aliphatic carbocycles. The van der Waals surface area contributed by atoms with Crippen LogP contribution in [-0.4, -0.2) is 17.1 Å². The molecule has 0 saturated heterocycles. The first-order valence-corrected chi connectivity index (χ1v) is 16.4. The summed E-state index contributed by atoms with van der Waals surface area (Å²) in [6, 6.07) is 32.0. The average molecular weight is 649 g/mol. The maximum atomic E-state index is 14.2. The summed E-state index contributed by atoms with van der Waals surface area (Å²) in [5.74, 6) is 0.514. The van der Waals surface area contributed by atoms with Gasteiger partial charge in [0.15, 0.2) is 4.80 Å². The molecule has 232 valence electrons. The smallest absolute Gasteiger partial charge is 0.338 e. The first kappa shape index (κ1) is 31.3. The Morgan fingerprint density at radius 2 is 1.72 bits per heavy atom. The van der Waals surface area contributed by atoms with Crippen molar-refractivity contribution in [3.63, 3.8) is 0 Å². The molecule has 8 heteroatoms. The molecule has 5 aromatic rings. The van der Waals surface area contributed by atoms with Crippen molar-refractivity contribution < 1.29 is 14.3 Å². The van der Waals surface area contributed by atoms with Crippen LogP contribution in [-0.2, 0) is 16.1 Å². The zero-order valence-electron chi connectivity index (χ0n) is 25.8. The highest BCUT2D eigenvalue weighted by Crippen LogP contribution is 2.35. The van der Waals surface area contributed by atoms with Gasteiger partial charge >= 0.3 is 5.97 Å². The Bertz CT molecular complexity index is 2080. The number of hydrogen-bond donors (Lipinski definition) is 0. The number of esters is 1. The first-order chi connectivity index (χ1) is 22.3. The molecule has 2 heterocycles. The average Bonchev–Trinajstić information content (AvgIpc) is 3.38. The number of hydrogen-bond acceptors (Lipinski definition) is 6. The van der Waals surface area contributed by atoms with Crippen molar-refractivity contribution in [3.05, 3.63) is 161 Å². The second-order valence-electron chi connectivity index (χ2n) is 11.2. The monoisotopic (exact) mass is 648 g/mol. The molecular weight excluding hydrogens is 616 g/mol. The molecular formula is C38H33ClN2O4S. The molecule has 0 fully saturated rings. The van der Waals surface area contributed by atoms with E-state index in [0.29, 0.717) is 43.9 Å². The quantitative estimate of drug-likeness (QED) is 0.157. The molecule has 0 amide bonds. The van der Waals surface area contributed by atoms with Gasteiger partial charge in [-0.2, -0.15) is 0 Å². The normalized spacial score (nSPS) is 14.6. The number of carbonyl (C=O) groups excluding carboxylic acids is 1. The number of carbonyl (C=O) groups is 1. The van der Waals surface area contributed by atoms with E-state index in [4.69, 9.17) is 26.1 Å². The number of nitrogens with zero attached hydrogens (tertiary/aromatic N) is 2. The molecule has 0 unspecified atom stereocenters. The molecule has 6 nitrogen and oxygen atoms in total. The fourth-order valence-electron chi connectivity index (χ4n) is 5.41. The molecule has 1 atom stereocenters. The molecule has 1 aliphatic rings. The number of ether oxygens (including phenoxy) is 2. The van der Waals surface area contributed by atoms with Gasteiger partial charge in [0, 0.05) is 10.6 Å². The topological polar surface area (TPSA) is 69.9 Å². The molecule has 4 aromatic carbocycles. The maximum Gasteiger partial charge on any atom is 0.338 e. The Hall–Kier alpha value is -4.72. The molecule has 0 saturated carbocycles. The molecule has 1 aliphatic heterocycles. The molecule has 0 bridgehead atoms. The largest absolute Gasteiger partial charge is 0.489 e. The summed E-state index contributed by atoms with van der Waals surface area (Å²) in [6.07, 6.45) is 1.84. The fourth-order valence-corrected chi connectivity index (χ4v) is 6.54. The summed E-state index contributed by atoms with van der Waals surface area (Å²) in [7, 11) is 0. The second kappa shape index (κ2) is 13.7. The van der Waals surface area contributed by atoms with Crippen LogP contribution >= 0.6 is 22.9 Å². The number of aromatic nitrogens is 1. The predicted molar refractivity (Wildman–Crippen MR) is 184 cm³/mol. The number of rotatable bonds is 9. The van der Waals surface area contributed by atoms with Gasteiger partial charge in [0.25, 0.3) is 5.56 Å². The summed E-state index contributed by atoms with van der Waals surface area (Å²) in [4.78, 5) is 33.4. The predicted octanol–water partition coefficient (Wildman–Crippen LogP) is 7.29. The van der Waals surface area contributed by atoms with Crippen LogP contribution in [0.4, 0.5) is 0 Å². The van der Waals surface area contributed by atoms with Gasteiger partial charge in [0.05, 0.1) is 28.5 Å². The van der Waals surface area contributed by atoms with Gasteiger partial charge in [0.1, 0.15) is 12.4 Å². The molecule has 6 rings (SSSR count). The Kier molecular flexibility index (Phi) is 9.33. The highest BCUT2D eigenvalue weighted by Gasteiger charge is 2.35. The van der Waals surface area contributed by atoms with Crippen LogP contribution in [0.2, 0.25) is 5.02 Å². The van der Waals surface area contributed by atoms with E-state index >= 15 is 0 Å². The third-order valence-corrected chi connectivity index (χ3v) is 9.00. The summed E-state index contributed by atoms with van der Waals surface area (Å²) < 4.78 is 13.7. The number of thiazole rings is 1. The number of benzene rings is 4. The van der Waals surface area contributed by atoms with Crippen LogP contribution in [0, 0.1) is 0 Å². The Balaban J connectivity index is 1.47. The molecule has 1 aromatic heterocycles. The van der Waals surface area contributed by atoms with Crippen molar-refractivity contribution in [2.75, 3.05) is 6.61 Å². The standard InChI is InChI=1S/C38H33ClN2O4S/c1-4-44-37(43)33-34(28-10-6-5-7-11-28)40-38-41(35(33)29-17-15-27(16-18-29)24(2)3)36(42)32(46-38)22-26-9-8-12-31(21-26)45-23-25-13-19-30(39)20-14-25/h5-22,24,35H,4,23H2,1-3H3/b32-22+/t35-/m0/s1. The van der Waals surface area contributed by atoms with Crippen LogP contribution in [0.5, 0.6) is 5.75 Å². The number of halogens is 1. The van der Waals surface area contributed by atoms with Crippen LogP contribution in [0.15, 0.2) is 118 Å². The van der Waals surface area contributed by atoms with Gasteiger partial charge in [-0.3, -0.25) is 9.36 Å². The van der Waals surface area contributed by atoms with Crippen molar-refractivity contribution >= 4 is 40.7 Å². The van der Waals surface area contributed by atoms with Crippen molar-refractivity contribution in [3.8, 4) is 5.75 Å². The lowest BCUT2D eigenvalue weighted by molar-refractivity contribution is -0.138. The zero-order chi connectivity index (χ0) is 32.2. The second-order valence-corrected chi connectivity index (χ2v) is 12.7. The van der Waals surface area contributed by atoms with E-state index in [2.05, 4.69) is 26.0 Å². The summed E-state index contributed by atoms with van der Waals surface area (Å²) >= 11 is 7.31. The Morgan fingerprint density at radius 1 is 0.978 bits per heavy atom. The van der Waals surface area contributed by atoms with Crippen LogP contribution in [0.3, 0.4) is 0 Å². The SMILES string of the molecule is CCOC(=O)C1=C(c2ccccc2)N=c2s/c(=C/c3cccc(OCc4ccc(Cl)cc4)c3)c(=O)n2[C@H]1c1ccc(C(C)C)cc1. The van der Waals surface area contributed by atoms with Crippen molar-refractivity contribution in [1.29, 1.82) is 0 Å². The lowest BCUT2D eigenvalue weighted by atomic mass is 9.91. The summed E-state index contributed by atoms with van der Waals surface area (Å²) in [5.41, 5.74) is 5.16. The van der Waals surface area contributed by atoms with Gasteiger partial charge in [-0.25, -0.2) is 9.79 Å². The Labute approximate surface area is 276 Å². The van der Waals surface area contributed by atoms with E-state index in [0.717, 1.165) is 22.3 Å². The lowest BCUT2D eigenvalue weighted by Crippen LogP contribution is -2.40. The molecule has 0 N–H and O–H groups in total. The van der Waals surface area contributed by atoms with Gasteiger partial charge in [0.2, 0.25) is 0 Å². The van der Waals surface area contributed by atoms with Crippen LogP contribution in [0.1, 0.15) is 60.5 Å². The zero-order valence-corrected chi connectivity index (χ0v) is 27.3. The minimum Gasteiger partial charge on any atom is -0.489 e. The van der Waals surface area contributed by atoms with Crippen LogP contribution < -0.4 is 19.6 Å². The van der Waals surface area contributed by atoms with Crippen molar-refractivity contribution in [2.45, 2.75) is 39.3 Å². The van der Waals surface area contributed by atoms with E-state index in [-0.39, 0.29) is 12.2 Å². The van der Waals surface area contributed by atoms with Gasteiger partial charge in [-0.05, 0) is 65.4 Å². The van der Waals surface area contributed by atoms with E-state index in [9.17, 15) is 9.59 Å². The molecule has 0 radical (unpaired) electrons. The minimum absolute atomic E-state index is 0.199. The lowest BCUT2D eigenvalue weighted by Gasteiger charge is -2.26. The van der Waals surface area contributed by atoms with Gasteiger partial charge in [-0.15, -0.1) is 0 Å². The molecule has 0 spiro atoms. The highest BCUT2D eigenvalue weighted by molar-refractivity contribution is 7.07. The number of fused-ring (bicyclic) bond motifs is 1. The van der Waals surface area contributed by atoms with Gasteiger partial charge < -0.3 is 9.47 Å². The summed E-state index contributed by atoms with van der Waals surface area (Å²) in [5, 5.41) is 0.673.